The van der Waals surface area contributed by atoms with Crippen molar-refractivity contribution in [3.63, 3.8) is 0 Å². The van der Waals surface area contributed by atoms with Gasteiger partial charge in [-0.25, -0.2) is 15.0 Å². The summed E-state index contributed by atoms with van der Waals surface area (Å²) in [5.41, 5.74) is 1.68. The van der Waals surface area contributed by atoms with E-state index in [0.717, 1.165) is 29.8 Å². The van der Waals surface area contributed by atoms with Crippen LogP contribution in [0.1, 0.15) is 44.9 Å². The van der Waals surface area contributed by atoms with Crippen molar-refractivity contribution in [2.45, 2.75) is 39.0 Å². The Labute approximate surface area is 89.2 Å². The van der Waals surface area contributed by atoms with Crippen LogP contribution in [0.15, 0.2) is 12.5 Å². The standard InChI is InChI=1S/C11H16N4/c1-3-5-8(4-2)10-12-6-9-11(15-10)14-7-13-9/h6-8H,3-5H2,1-2H3,(H,12,13,14,15). The highest BCUT2D eigenvalue weighted by Crippen LogP contribution is 2.21. The molecular formula is C11H16N4. The first kappa shape index (κ1) is 10.1. The number of fused-ring (bicyclic) bond motifs is 1. The molecule has 2 heterocycles. The average molecular weight is 204 g/mol. The molecule has 0 aliphatic carbocycles. The predicted octanol–water partition coefficient (Wildman–Crippen LogP) is 2.65. The second kappa shape index (κ2) is 4.38. The number of hydrogen-bond acceptors (Lipinski definition) is 3. The highest BCUT2D eigenvalue weighted by Gasteiger charge is 2.12. The van der Waals surface area contributed by atoms with Gasteiger partial charge >= 0.3 is 0 Å². The number of imidazole rings is 1. The molecule has 15 heavy (non-hydrogen) atoms. The molecule has 0 aromatic carbocycles. The number of nitrogens with zero attached hydrogens (tertiary/aromatic N) is 3. The summed E-state index contributed by atoms with van der Waals surface area (Å²) in [6.45, 7) is 4.37. The minimum absolute atomic E-state index is 0.469. The van der Waals surface area contributed by atoms with Crippen LogP contribution in [0.25, 0.3) is 11.2 Å². The molecule has 2 rings (SSSR count). The highest BCUT2D eigenvalue weighted by molar-refractivity contribution is 5.68. The molecule has 80 valence electrons. The van der Waals surface area contributed by atoms with E-state index in [1.54, 1.807) is 6.33 Å². The van der Waals surface area contributed by atoms with Crippen LogP contribution in [0, 0.1) is 0 Å². The first-order chi connectivity index (χ1) is 7.35. The fraction of sp³-hybridized carbons (Fsp3) is 0.545. The van der Waals surface area contributed by atoms with Gasteiger partial charge in [-0.1, -0.05) is 20.3 Å². The lowest BCUT2D eigenvalue weighted by molar-refractivity contribution is 0.566. The van der Waals surface area contributed by atoms with Gasteiger partial charge < -0.3 is 4.98 Å². The van der Waals surface area contributed by atoms with E-state index < -0.39 is 0 Å². The molecule has 1 unspecified atom stereocenters. The van der Waals surface area contributed by atoms with Crippen LogP contribution >= 0.6 is 0 Å². The summed E-state index contributed by atoms with van der Waals surface area (Å²) in [4.78, 5) is 16.0. The SMILES string of the molecule is CCCC(CC)c1ncc2[nH]cnc2n1. The third kappa shape index (κ3) is 1.98. The molecule has 0 saturated heterocycles. The Morgan fingerprint density at radius 1 is 1.33 bits per heavy atom. The lowest BCUT2D eigenvalue weighted by Gasteiger charge is -2.11. The van der Waals surface area contributed by atoms with E-state index in [2.05, 4.69) is 33.8 Å². The molecule has 4 nitrogen and oxygen atoms in total. The van der Waals surface area contributed by atoms with Crippen molar-refractivity contribution in [1.29, 1.82) is 0 Å². The summed E-state index contributed by atoms with van der Waals surface area (Å²) in [5, 5.41) is 0. The summed E-state index contributed by atoms with van der Waals surface area (Å²) in [5.74, 6) is 1.40. The van der Waals surface area contributed by atoms with E-state index in [9.17, 15) is 0 Å². The van der Waals surface area contributed by atoms with E-state index in [-0.39, 0.29) is 0 Å². The van der Waals surface area contributed by atoms with Gasteiger partial charge in [-0.2, -0.15) is 0 Å². The van der Waals surface area contributed by atoms with Crippen molar-refractivity contribution in [2.75, 3.05) is 0 Å². The zero-order chi connectivity index (χ0) is 10.7. The van der Waals surface area contributed by atoms with Crippen molar-refractivity contribution in [3.05, 3.63) is 18.3 Å². The molecule has 1 N–H and O–H groups in total. The number of nitrogens with one attached hydrogen (secondary N) is 1. The van der Waals surface area contributed by atoms with Gasteiger partial charge in [0, 0.05) is 5.92 Å². The quantitative estimate of drug-likeness (QED) is 0.833. The molecular weight excluding hydrogens is 188 g/mol. The van der Waals surface area contributed by atoms with Gasteiger partial charge in [-0.05, 0) is 12.8 Å². The second-order valence-electron chi connectivity index (χ2n) is 3.76. The number of H-pyrrole nitrogens is 1. The highest BCUT2D eigenvalue weighted by atomic mass is 15.0. The molecule has 0 fully saturated rings. The summed E-state index contributed by atoms with van der Waals surface area (Å²) >= 11 is 0. The Hall–Kier alpha value is -1.45. The van der Waals surface area contributed by atoms with Crippen LogP contribution in [0.3, 0.4) is 0 Å². The molecule has 1 atom stereocenters. The van der Waals surface area contributed by atoms with Gasteiger partial charge in [0.05, 0.1) is 12.5 Å². The molecule has 4 heteroatoms. The van der Waals surface area contributed by atoms with E-state index in [0.29, 0.717) is 5.92 Å². The van der Waals surface area contributed by atoms with Crippen LogP contribution in [-0.4, -0.2) is 19.9 Å². The van der Waals surface area contributed by atoms with Crippen molar-refractivity contribution < 1.29 is 0 Å². The van der Waals surface area contributed by atoms with Crippen LogP contribution in [0.4, 0.5) is 0 Å². The Morgan fingerprint density at radius 2 is 2.20 bits per heavy atom. The average Bonchev–Trinajstić information content (AvgIpc) is 2.72. The fourth-order valence-electron chi connectivity index (χ4n) is 1.81. The predicted molar refractivity (Wildman–Crippen MR) is 59.6 cm³/mol. The van der Waals surface area contributed by atoms with E-state index in [1.807, 2.05) is 6.20 Å². The van der Waals surface area contributed by atoms with Crippen molar-refractivity contribution in [3.8, 4) is 0 Å². The summed E-state index contributed by atoms with van der Waals surface area (Å²) in [6.07, 6.45) is 6.88. The topological polar surface area (TPSA) is 54.5 Å². The number of hydrogen-bond donors (Lipinski definition) is 1. The minimum Gasteiger partial charge on any atom is -0.342 e. The van der Waals surface area contributed by atoms with E-state index >= 15 is 0 Å². The monoisotopic (exact) mass is 204 g/mol. The zero-order valence-corrected chi connectivity index (χ0v) is 9.20. The maximum absolute atomic E-state index is 4.47. The molecule has 0 aliphatic heterocycles. The first-order valence-corrected chi connectivity index (χ1v) is 5.51. The Balaban J connectivity index is 2.33. The molecule has 0 bridgehead atoms. The number of aromatic amines is 1. The molecule has 0 spiro atoms. The number of aromatic nitrogens is 4. The molecule has 2 aromatic heterocycles. The van der Waals surface area contributed by atoms with Crippen molar-refractivity contribution in [1.82, 2.24) is 19.9 Å². The Kier molecular flexibility index (Phi) is 2.94. The van der Waals surface area contributed by atoms with Crippen molar-refractivity contribution in [2.24, 2.45) is 0 Å². The Bertz CT molecular complexity index is 435. The first-order valence-electron chi connectivity index (χ1n) is 5.51. The van der Waals surface area contributed by atoms with Gasteiger partial charge in [-0.3, -0.25) is 0 Å². The van der Waals surface area contributed by atoms with E-state index in [1.165, 1.54) is 6.42 Å². The molecule has 0 amide bonds. The van der Waals surface area contributed by atoms with Gasteiger partial charge in [0.25, 0.3) is 0 Å². The zero-order valence-electron chi connectivity index (χ0n) is 9.20. The normalized spacial score (nSPS) is 13.2. The maximum Gasteiger partial charge on any atom is 0.180 e. The second-order valence-corrected chi connectivity index (χ2v) is 3.76. The van der Waals surface area contributed by atoms with Gasteiger partial charge in [0.15, 0.2) is 5.65 Å². The lowest BCUT2D eigenvalue weighted by atomic mass is 10.00. The summed E-state index contributed by atoms with van der Waals surface area (Å²) < 4.78 is 0. The van der Waals surface area contributed by atoms with Crippen LogP contribution in [-0.2, 0) is 0 Å². The maximum atomic E-state index is 4.47. The largest absolute Gasteiger partial charge is 0.342 e. The molecule has 0 saturated carbocycles. The number of rotatable bonds is 4. The van der Waals surface area contributed by atoms with Gasteiger partial charge in [-0.15, -0.1) is 0 Å². The fourth-order valence-corrected chi connectivity index (χ4v) is 1.81. The third-order valence-electron chi connectivity index (χ3n) is 2.69. The minimum atomic E-state index is 0.469. The Morgan fingerprint density at radius 3 is 2.93 bits per heavy atom. The molecule has 0 aliphatic rings. The summed E-state index contributed by atoms with van der Waals surface area (Å²) in [6, 6.07) is 0. The lowest BCUT2D eigenvalue weighted by Crippen LogP contribution is -2.03. The van der Waals surface area contributed by atoms with E-state index in [4.69, 9.17) is 0 Å². The van der Waals surface area contributed by atoms with Gasteiger partial charge in [0.1, 0.15) is 11.3 Å². The third-order valence-corrected chi connectivity index (χ3v) is 2.69. The smallest absolute Gasteiger partial charge is 0.180 e. The van der Waals surface area contributed by atoms with Crippen molar-refractivity contribution >= 4 is 11.2 Å². The van der Waals surface area contributed by atoms with Gasteiger partial charge in [0.2, 0.25) is 0 Å². The molecule has 0 radical (unpaired) electrons. The summed E-state index contributed by atoms with van der Waals surface area (Å²) in [7, 11) is 0. The van der Waals surface area contributed by atoms with Crippen LogP contribution in [0.2, 0.25) is 0 Å². The van der Waals surface area contributed by atoms with Crippen LogP contribution < -0.4 is 0 Å². The van der Waals surface area contributed by atoms with Crippen LogP contribution in [0.5, 0.6) is 0 Å². The molecule has 2 aromatic rings.